The van der Waals surface area contributed by atoms with E-state index in [1.54, 1.807) is 0 Å². The lowest BCUT2D eigenvalue weighted by molar-refractivity contribution is 0.135. The van der Waals surface area contributed by atoms with Gasteiger partial charge in [-0.2, -0.15) is 5.26 Å². The highest BCUT2D eigenvalue weighted by molar-refractivity contribution is 5.69. The Labute approximate surface area is 112 Å². The van der Waals surface area contributed by atoms with Gasteiger partial charge in [0, 0.05) is 17.8 Å². The van der Waals surface area contributed by atoms with Crippen LogP contribution in [0.25, 0.3) is 11.1 Å². The zero-order valence-corrected chi connectivity index (χ0v) is 10.5. The third-order valence-corrected chi connectivity index (χ3v) is 3.25. The number of hydrogen-bond acceptors (Lipinski definition) is 3. The number of benzene rings is 2. The summed E-state index contributed by atoms with van der Waals surface area (Å²) in [5.74, 6) is 0. The Kier molecular flexibility index (Phi) is 3.18. The lowest BCUT2D eigenvalue weighted by atomic mass is 10.0. The first-order chi connectivity index (χ1) is 9.36. The third kappa shape index (κ3) is 2.44. The van der Waals surface area contributed by atoms with Crippen LogP contribution in [0.4, 0.5) is 5.69 Å². The van der Waals surface area contributed by atoms with Crippen molar-refractivity contribution in [3.05, 3.63) is 53.6 Å². The predicted molar refractivity (Wildman–Crippen MR) is 74.7 cm³/mol. The van der Waals surface area contributed by atoms with Crippen LogP contribution in [0.5, 0.6) is 0 Å². The largest absolute Gasteiger partial charge is 0.382 e. The quantitative estimate of drug-likeness (QED) is 0.845. The Morgan fingerprint density at radius 1 is 1.11 bits per heavy atom. The van der Waals surface area contributed by atoms with Gasteiger partial charge < -0.3 is 10.1 Å². The van der Waals surface area contributed by atoms with Gasteiger partial charge in [-0.1, -0.05) is 18.2 Å². The molecule has 0 unspecified atom stereocenters. The van der Waals surface area contributed by atoms with Gasteiger partial charge in [-0.05, 0) is 35.4 Å². The number of nitriles is 1. The van der Waals surface area contributed by atoms with Crippen molar-refractivity contribution >= 4 is 5.69 Å². The van der Waals surface area contributed by atoms with Crippen LogP contribution in [-0.4, -0.2) is 13.2 Å². The topological polar surface area (TPSA) is 45.0 Å². The van der Waals surface area contributed by atoms with Crippen LogP contribution >= 0.6 is 0 Å². The van der Waals surface area contributed by atoms with Crippen molar-refractivity contribution in [2.45, 2.75) is 6.61 Å². The predicted octanol–water partition coefficient (Wildman–Crippen LogP) is 3.17. The van der Waals surface area contributed by atoms with E-state index in [0.29, 0.717) is 12.2 Å². The summed E-state index contributed by atoms with van der Waals surface area (Å²) in [5.41, 5.74) is 5.16. The first-order valence-electron chi connectivity index (χ1n) is 6.32. The molecule has 0 atom stereocenters. The summed E-state index contributed by atoms with van der Waals surface area (Å²) in [4.78, 5) is 0. The van der Waals surface area contributed by atoms with Crippen LogP contribution in [0.1, 0.15) is 11.1 Å². The highest BCUT2D eigenvalue weighted by Gasteiger charge is 2.09. The van der Waals surface area contributed by atoms with Crippen LogP contribution < -0.4 is 5.32 Å². The molecule has 0 bridgehead atoms. The lowest BCUT2D eigenvalue weighted by Gasteiger charge is -2.09. The standard InChI is InChI=1S/C16H14N2O/c17-10-12-2-1-3-13(8-12)14-4-5-16-15(9-14)11-19-7-6-18-16/h1-5,8-9,18H,6-7,11H2. The summed E-state index contributed by atoms with van der Waals surface area (Å²) in [6.45, 7) is 2.21. The monoisotopic (exact) mass is 250 g/mol. The summed E-state index contributed by atoms with van der Waals surface area (Å²) in [5, 5.41) is 12.3. The molecule has 3 rings (SSSR count). The average molecular weight is 250 g/mol. The zero-order valence-electron chi connectivity index (χ0n) is 10.5. The molecular weight excluding hydrogens is 236 g/mol. The van der Waals surface area contributed by atoms with Crippen molar-refractivity contribution in [3.8, 4) is 17.2 Å². The van der Waals surface area contributed by atoms with Gasteiger partial charge in [-0.3, -0.25) is 0 Å². The molecule has 1 aliphatic rings. The average Bonchev–Trinajstić information content (AvgIpc) is 2.71. The summed E-state index contributed by atoms with van der Waals surface area (Å²) >= 11 is 0. The van der Waals surface area contributed by atoms with E-state index >= 15 is 0 Å². The second-order valence-corrected chi connectivity index (χ2v) is 4.54. The molecule has 0 amide bonds. The maximum Gasteiger partial charge on any atom is 0.0991 e. The van der Waals surface area contributed by atoms with E-state index in [0.717, 1.165) is 35.5 Å². The first kappa shape index (κ1) is 11.8. The van der Waals surface area contributed by atoms with E-state index in [4.69, 9.17) is 10.00 Å². The number of nitrogens with one attached hydrogen (secondary N) is 1. The Hall–Kier alpha value is -2.31. The molecule has 19 heavy (non-hydrogen) atoms. The molecular formula is C16H14N2O. The minimum absolute atomic E-state index is 0.633. The molecule has 2 aromatic rings. The fraction of sp³-hybridized carbons (Fsp3) is 0.188. The van der Waals surface area contributed by atoms with Crippen LogP contribution in [-0.2, 0) is 11.3 Å². The molecule has 1 N–H and O–H groups in total. The first-order valence-corrected chi connectivity index (χ1v) is 6.32. The van der Waals surface area contributed by atoms with Crippen LogP contribution in [0.15, 0.2) is 42.5 Å². The van der Waals surface area contributed by atoms with Gasteiger partial charge in [0.1, 0.15) is 0 Å². The Morgan fingerprint density at radius 3 is 2.89 bits per heavy atom. The molecule has 0 fully saturated rings. The molecule has 1 aliphatic heterocycles. The van der Waals surface area contributed by atoms with Gasteiger partial charge in [0.15, 0.2) is 0 Å². The molecule has 0 aliphatic carbocycles. The lowest BCUT2D eigenvalue weighted by Crippen LogP contribution is -2.04. The zero-order chi connectivity index (χ0) is 13.1. The molecule has 0 spiro atoms. The number of ether oxygens (including phenoxy) is 1. The summed E-state index contributed by atoms with van der Waals surface area (Å²) in [6.07, 6.45) is 0. The van der Waals surface area contributed by atoms with E-state index in [9.17, 15) is 0 Å². The highest BCUT2D eigenvalue weighted by Crippen LogP contribution is 2.27. The molecule has 0 saturated heterocycles. The van der Waals surface area contributed by atoms with Crippen molar-refractivity contribution in [2.24, 2.45) is 0 Å². The number of nitrogens with zero attached hydrogens (tertiary/aromatic N) is 1. The maximum atomic E-state index is 8.96. The second-order valence-electron chi connectivity index (χ2n) is 4.54. The van der Waals surface area contributed by atoms with E-state index in [1.165, 1.54) is 0 Å². The molecule has 94 valence electrons. The summed E-state index contributed by atoms with van der Waals surface area (Å²) in [6, 6.07) is 16.1. The highest BCUT2D eigenvalue weighted by atomic mass is 16.5. The molecule has 2 aromatic carbocycles. The van der Waals surface area contributed by atoms with E-state index in [1.807, 2.05) is 24.3 Å². The fourth-order valence-corrected chi connectivity index (χ4v) is 2.27. The van der Waals surface area contributed by atoms with Crippen molar-refractivity contribution in [2.75, 3.05) is 18.5 Å². The van der Waals surface area contributed by atoms with Crippen LogP contribution in [0.3, 0.4) is 0 Å². The van der Waals surface area contributed by atoms with E-state index in [2.05, 4.69) is 29.6 Å². The molecule has 0 saturated carbocycles. The van der Waals surface area contributed by atoms with E-state index < -0.39 is 0 Å². The Morgan fingerprint density at radius 2 is 2.00 bits per heavy atom. The molecule has 3 heteroatoms. The van der Waals surface area contributed by atoms with Gasteiger partial charge in [-0.15, -0.1) is 0 Å². The van der Waals surface area contributed by atoms with Crippen molar-refractivity contribution in [3.63, 3.8) is 0 Å². The number of anilines is 1. The van der Waals surface area contributed by atoms with Crippen LogP contribution in [0, 0.1) is 11.3 Å². The number of rotatable bonds is 1. The van der Waals surface area contributed by atoms with Crippen molar-refractivity contribution in [1.82, 2.24) is 0 Å². The molecule has 0 aromatic heterocycles. The summed E-state index contributed by atoms with van der Waals surface area (Å²) in [7, 11) is 0. The number of hydrogen-bond donors (Lipinski definition) is 1. The SMILES string of the molecule is N#Cc1cccc(-c2ccc3c(c2)COCCN3)c1. The smallest absolute Gasteiger partial charge is 0.0991 e. The van der Waals surface area contributed by atoms with Crippen molar-refractivity contribution in [1.29, 1.82) is 5.26 Å². The van der Waals surface area contributed by atoms with Gasteiger partial charge in [0.2, 0.25) is 0 Å². The van der Waals surface area contributed by atoms with Gasteiger partial charge >= 0.3 is 0 Å². The van der Waals surface area contributed by atoms with Crippen molar-refractivity contribution < 1.29 is 4.74 Å². The molecule has 1 heterocycles. The minimum atomic E-state index is 0.633. The minimum Gasteiger partial charge on any atom is -0.382 e. The maximum absolute atomic E-state index is 8.96. The summed E-state index contributed by atoms with van der Waals surface area (Å²) < 4.78 is 5.54. The van der Waals surface area contributed by atoms with Crippen LogP contribution in [0.2, 0.25) is 0 Å². The Balaban J connectivity index is 2.01. The van der Waals surface area contributed by atoms with E-state index in [-0.39, 0.29) is 0 Å². The van der Waals surface area contributed by atoms with Gasteiger partial charge in [-0.25, -0.2) is 0 Å². The number of fused-ring (bicyclic) bond motifs is 1. The van der Waals surface area contributed by atoms with Gasteiger partial charge in [0.05, 0.1) is 24.8 Å². The van der Waals surface area contributed by atoms with Gasteiger partial charge in [0.25, 0.3) is 0 Å². The Bertz CT molecular complexity index is 643. The molecule has 3 nitrogen and oxygen atoms in total. The fourth-order valence-electron chi connectivity index (χ4n) is 2.27. The normalized spacial score (nSPS) is 13.8. The third-order valence-electron chi connectivity index (χ3n) is 3.25. The molecule has 0 radical (unpaired) electrons. The second kappa shape index (κ2) is 5.13.